The van der Waals surface area contributed by atoms with Crippen LogP contribution >= 0.6 is 24.4 Å². The van der Waals surface area contributed by atoms with E-state index in [-0.39, 0.29) is 16.8 Å². The van der Waals surface area contributed by atoms with Crippen molar-refractivity contribution in [2.24, 2.45) is 0 Å². The summed E-state index contributed by atoms with van der Waals surface area (Å²) in [5.41, 5.74) is 0. The Kier molecular flexibility index (Phi) is 35.7. The molecule has 1 radical (unpaired) electrons. The summed E-state index contributed by atoms with van der Waals surface area (Å²) in [7, 11) is 0. The molecule has 0 rings (SSSR count). The molecule has 199 valence electrons. The van der Waals surface area contributed by atoms with E-state index in [9.17, 15) is 0 Å². The Morgan fingerprint density at radius 1 is 0.455 bits per heavy atom. The van der Waals surface area contributed by atoms with E-state index in [4.69, 9.17) is 49.7 Å². The predicted octanol–water partition coefficient (Wildman–Crippen LogP) is 8.56. The first kappa shape index (κ1) is 38.3. The molecule has 0 saturated heterocycles. The summed E-state index contributed by atoms with van der Waals surface area (Å²) in [5.74, 6) is 0. The van der Waals surface area contributed by atoms with Crippen LogP contribution in [0, 0.1) is 0 Å². The fourth-order valence-electron chi connectivity index (χ4n) is 3.51. The topological polar surface area (TPSA) is 6.48 Å². The largest absolute Gasteiger partial charge is 2.00 e. The van der Waals surface area contributed by atoms with Crippen molar-refractivity contribution >= 4 is 58.3 Å². The number of hydrogen-bond acceptors (Lipinski definition) is 4. The van der Waals surface area contributed by atoms with Gasteiger partial charge in [0.1, 0.15) is 0 Å². The van der Waals surface area contributed by atoms with E-state index >= 15 is 0 Å². The maximum absolute atomic E-state index is 5.11. The third-order valence-corrected chi connectivity index (χ3v) is 6.68. The fraction of sp³-hybridized carbons (Fsp3) is 0.923. The second-order valence-electron chi connectivity index (χ2n) is 8.75. The average Bonchev–Trinajstić information content (AvgIpc) is 2.77. The molecule has 0 unspecified atom stereocenters. The molecule has 0 amide bonds. The summed E-state index contributed by atoms with van der Waals surface area (Å²) in [6.45, 7) is 13.2. The number of hydrogen-bond donors (Lipinski definition) is 0. The van der Waals surface area contributed by atoms with Gasteiger partial charge >= 0.3 is 16.8 Å². The summed E-state index contributed by atoms with van der Waals surface area (Å²) >= 11 is 20.5. The van der Waals surface area contributed by atoms with Crippen molar-refractivity contribution in [2.75, 3.05) is 26.2 Å². The zero-order chi connectivity index (χ0) is 24.5. The third-order valence-electron chi connectivity index (χ3n) is 5.64. The Balaban J connectivity index is -0.000000529. The molecular weight excluding hydrogens is 528 g/mol. The van der Waals surface area contributed by atoms with Gasteiger partial charge in [0, 0.05) is 26.2 Å². The molecule has 0 heterocycles. The van der Waals surface area contributed by atoms with Gasteiger partial charge in [-0.15, -0.1) is 0 Å². The van der Waals surface area contributed by atoms with E-state index < -0.39 is 0 Å². The SMILES string of the molecule is CCCCCCN(CCCCCC)C(=S)[S-].CCCCCCN(CCCCCC)C(=S)[S-].[Co+2]. The normalized spacial score (nSPS) is 10.1. The maximum atomic E-state index is 5.11. The zero-order valence-corrected chi connectivity index (χ0v) is 26.3. The quantitative estimate of drug-likeness (QED) is 0.0804. The molecule has 0 aromatic heterocycles. The molecule has 0 aliphatic heterocycles. The summed E-state index contributed by atoms with van der Waals surface area (Å²) < 4.78 is 1.32. The Morgan fingerprint density at radius 3 is 0.818 bits per heavy atom. The molecule has 0 saturated carbocycles. The summed E-state index contributed by atoms with van der Waals surface area (Å²) in [6.07, 6.45) is 20.6. The minimum atomic E-state index is 0. The first-order chi connectivity index (χ1) is 15.4. The molecule has 0 aliphatic carbocycles. The van der Waals surface area contributed by atoms with Crippen molar-refractivity contribution < 1.29 is 16.8 Å². The monoisotopic (exact) mass is 579 g/mol. The van der Waals surface area contributed by atoms with Gasteiger partial charge in [-0.1, -0.05) is 113 Å². The van der Waals surface area contributed by atoms with E-state index in [1.807, 2.05) is 0 Å². The van der Waals surface area contributed by atoms with Gasteiger partial charge in [0.15, 0.2) is 0 Å². The van der Waals surface area contributed by atoms with E-state index in [0.717, 1.165) is 26.2 Å². The average molecular weight is 580 g/mol. The molecule has 33 heavy (non-hydrogen) atoms. The van der Waals surface area contributed by atoms with Crippen LogP contribution < -0.4 is 0 Å². The fourth-order valence-corrected chi connectivity index (χ4v) is 4.24. The van der Waals surface area contributed by atoms with E-state index in [1.54, 1.807) is 0 Å². The van der Waals surface area contributed by atoms with Gasteiger partial charge in [-0.2, -0.15) is 0 Å². The van der Waals surface area contributed by atoms with Gasteiger partial charge in [-0.25, -0.2) is 0 Å². The smallest absolute Gasteiger partial charge is 0.411 e. The van der Waals surface area contributed by atoms with Crippen LogP contribution in [0.5, 0.6) is 0 Å². The molecule has 0 bridgehead atoms. The first-order valence-electron chi connectivity index (χ1n) is 13.4. The van der Waals surface area contributed by atoms with Gasteiger partial charge in [0.25, 0.3) is 0 Å². The summed E-state index contributed by atoms with van der Waals surface area (Å²) in [5, 5.41) is 0. The summed E-state index contributed by atoms with van der Waals surface area (Å²) in [6, 6.07) is 0. The van der Waals surface area contributed by atoms with Gasteiger partial charge in [0.2, 0.25) is 0 Å². The minimum absolute atomic E-state index is 0. The number of thiocarbonyl (C=S) groups is 2. The van der Waals surface area contributed by atoms with Crippen LogP contribution in [0.15, 0.2) is 0 Å². The van der Waals surface area contributed by atoms with E-state index in [0.29, 0.717) is 8.64 Å². The molecule has 0 aromatic carbocycles. The predicted molar refractivity (Wildman–Crippen MR) is 160 cm³/mol. The van der Waals surface area contributed by atoms with Crippen LogP contribution in [0.1, 0.15) is 130 Å². The molecule has 2 nitrogen and oxygen atoms in total. The maximum Gasteiger partial charge on any atom is 2.00 e. The van der Waals surface area contributed by atoms with Crippen molar-refractivity contribution in [1.29, 1.82) is 0 Å². The van der Waals surface area contributed by atoms with Crippen molar-refractivity contribution in [2.45, 2.75) is 130 Å². The van der Waals surface area contributed by atoms with E-state index in [2.05, 4.69) is 37.5 Å². The van der Waals surface area contributed by atoms with Crippen LogP contribution in [0.25, 0.3) is 0 Å². The number of rotatable bonds is 20. The standard InChI is InChI=1S/2C13H27NS2.Co/c2*1-3-5-7-9-11-14(13(15)16)12-10-8-6-4-2;/h2*3-12H2,1-2H3,(H,15,16);/q;;+2/p-2. The molecule has 0 aliphatic rings. The van der Waals surface area contributed by atoms with Gasteiger partial charge < -0.3 is 59.5 Å². The molecule has 0 atom stereocenters. The summed E-state index contributed by atoms with van der Waals surface area (Å²) in [4.78, 5) is 4.41. The van der Waals surface area contributed by atoms with Crippen LogP contribution in [-0.4, -0.2) is 44.6 Å². The molecule has 0 aromatic rings. The number of nitrogens with zero attached hydrogens (tertiary/aromatic N) is 2. The van der Waals surface area contributed by atoms with Crippen LogP contribution in [0.2, 0.25) is 0 Å². The van der Waals surface area contributed by atoms with Crippen LogP contribution in [-0.2, 0) is 42.0 Å². The van der Waals surface area contributed by atoms with Crippen molar-refractivity contribution in [3.8, 4) is 0 Å². The van der Waals surface area contributed by atoms with E-state index in [1.165, 1.54) is 103 Å². The minimum Gasteiger partial charge on any atom is -0.411 e. The van der Waals surface area contributed by atoms with Gasteiger partial charge in [0.05, 0.1) is 0 Å². The van der Waals surface area contributed by atoms with Crippen LogP contribution in [0.4, 0.5) is 0 Å². The molecule has 0 fully saturated rings. The van der Waals surface area contributed by atoms with Gasteiger partial charge in [-0.3, -0.25) is 0 Å². The second kappa shape index (κ2) is 30.8. The Morgan fingerprint density at radius 2 is 0.667 bits per heavy atom. The van der Waals surface area contributed by atoms with Crippen LogP contribution in [0.3, 0.4) is 0 Å². The van der Waals surface area contributed by atoms with Crippen molar-refractivity contribution in [3.63, 3.8) is 0 Å². The zero-order valence-electron chi connectivity index (χ0n) is 22.0. The van der Waals surface area contributed by atoms with Crippen molar-refractivity contribution in [1.82, 2.24) is 9.80 Å². The Hall–Kier alpha value is 0.726. The molecule has 0 N–H and O–H groups in total. The van der Waals surface area contributed by atoms with Crippen molar-refractivity contribution in [3.05, 3.63) is 0 Å². The molecular formula is C26H52CoN2S4. The molecule has 7 heteroatoms. The Labute approximate surface area is 240 Å². The van der Waals surface area contributed by atoms with Gasteiger partial charge in [-0.05, 0) is 25.7 Å². The number of unbranched alkanes of at least 4 members (excludes halogenated alkanes) is 12. The second-order valence-corrected chi connectivity index (χ2v) is 10.8. The third kappa shape index (κ3) is 28.8. The first-order valence-corrected chi connectivity index (χ1v) is 15.0. The molecule has 0 spiro atoms. The Bertz CT molecular complexity index is 363.